The van der Waals surface area contributed by atoms with Gasteiger partial charge in [-0.2, -0.15) is 17.5 Å². The summed E-state index contributed by atoms with van der Waals surface area (Å²) < 4.78 is 66.9. The van der Waals surface area contributed by atoms with Crippen LogP contribution in [0.4, 0.5) is 18.0 Å². The Kier molecular flexibility index (Phi) is 8.40. The number of carbonyl (C=O) groups is 1. The summed E-state index contributed by atoms with van der Waals surface area (Å²) in [6, 6.07) is 12.6. The van der Waals surface area contributed by atoms with Crippen LogP contribution in [-0.4, -0.2) is 29.0 Å². The largest absolute Gasteiger partial charge is 0.505 e. The molecule has 0 aliphatic carbocycles. The van der Waals surface area contributed by atoms with E-state index in [2.05, 4.69) is 5.32 Å². The molecule has 0 fully saturated rings. The fourth-order valence-corrected chi connectivity index (χ4v) is 5.49. The van der Waals surface area contributed by atoms with Crippen LogP contribution in [0.2, 0.25) is 10.0 Å². The fourth-order valence-electron chi connectivity index (χ4n) is 3.33. The molecule has 36 heavy (non-hydrogen) atoms. The van der Waals surface area contributed by atoms with Gasteiger partial charge < -0.3 is 15.5 Å². The molecule has 0 heterocycles. The molecule has 0 atom stereocenters. The van der Waals surface area contributed by atoms with E-state index in [1.54, 1.807) is 24.3 Å². The molecule has 0 bridgehead atoms. The average molecular weight is 563 g/mol. The van der Waals surface area contributed by atoms with Crippen molar-refractivity contribution in [1.29, 1.82) is 0 Å². The smallest absolute Gasteiger partial charge is 0.416 e. The van der Waals surface area contributed by atoms with Gasteiger partial charge in [-0.05, 0) is 41.0 Å². The zero-order valence-electron chi connectivity index (χ0n) is 18.3. The molecule has 1 amide bonds. The van der Waals surface area contributed by atoms with Gasteiger partial charge in [0, 0.05) is 24.7 Å². The molecule has 0 saturated heterocycles. The highest BCUT2D eigenvalue weighted by Gasteiger charge is 2.32. The van der Waals surface area contributed by atoms with Crippen LogP contribution < -0.4 is 5.32 Å². The maximum Gasteiger partial charge on any atom is 0.416 e. The number of rotatable bonds is 8. The molecule has 0 aromatic heterocycles. The number of halogens is 5. The van der Waals surface area contributed by atoms with Crippen molar-refractivity contribution >= 4 is 39.3 Å². The SMILES string of the molecule is O=C(O)NCc1cccc(CN(Cc2ccc(C(F)(F)F)cc2)S(=O)(=O)c2cc(Cl)cc(Cl)c2O)c1. The van der Waals surface area contributed by atoms with Crippen LogP contribution in [0.5, 0.6) is 5.75 Å². The number of aromatic hydroxyl groups is 1. The third-order valence-electron chi connectivity index (χ3n) is 5.05. The summed E-state index contributed by atoms with van der Waals surface area (Å²) in [6.07, 6.45) is -5.79. The van der Waals surface area contributed by atoms with E-state index in [9.17, 15) is 31.5 Å². The van der Waals surface area contributed by atoms with Gasteiger partial charge in [0.25, 0.3) is 0 Å². The van der Waals surface area contributed by atoms with Gasteiger partial charge in [0.1, 0.15) is 4.90 Å². The summed E-state index contributed by atoms with van der Waals surface area (Å²) in [5.41, 5.74) is 0.375. The molecule has 3 aromatic rings. The Bertz CT molecular complexity index is 1370. The third kappa shape index (κ3) is 6.82. The highest BCUT2D eigenvalue weighted by molar-refractivity contribution is 7.89. The third-order valence-corrected chi connectivity index (χ3v) is 7.36. The highest BCUT2D eigenvalue weighted by Crippen LogP contribution is 2.37. The van der Waals surface area contributed by atoms with Gasteiger partial charge in [-0.15, -0.1) is 0 Å². The summed E-state index contributed by atoms with van der Waals surface area (Å²) in [6.45, 7) is -0.630. The van der Waals surface area contributed by atoms with Crippen molar-refractivity contribution in [3.8, 4) is 5.75 Å². The van der Waals surface area contributed by atoms with E-state index in [0.29, 0.717) is 11.1 Å². The first-order chi connectivity index (χ1) is 16.8. The number of benzene rings is 3. The predicted molar refractivity (Wildman–Crippen MR) is 127 cm³/mol. The number of alkyl halides is 3. The summed E-state index contributed by atoms with van der Waals surface area (Å²) in [4.78, 5) is 10.2. The van der Waals surface area contributed by atoms with Gasteiger partial charge in [0.2, 0.25) is 10.0 Å². The van der Waals surface area contributed by atoms with Crippen LogP contribution in [0.3, 0.4) is 0 Å². The van der Waals surface area contributed by atoms with Crippen LogP contribution >= 0.6 is 23.2 Å². The first-order valence-electron chi connectivity index (χ1n) is 10.2. The van der Waals surface area contributed by atoms with Gasteiger partial charge in [-0.25, -0.2) is 13.2 Å². The number of amides is 1. The van der Waals surface area contributed by atoms with E-state index in [-0.39, 0.29) is 35.2 Å². The van der Waals surface area contributed by atoms with Gasteiger partial charge in [-0.1, -0.05) is 59.6 Å². The molecule has 0 unspecified atom stereocenters. The Morgan fingerprint density at radius 2 is 1.56 bits per heavy atom. The van der Waals surface area contributed by atoms with E-state index in [0.717, 1.165) is 40.7 Å². The van der Waals surface area contributed by atoms with Crippen LogP contribution in [-0.2, 0) is 35.8 Å². The second kappa shape index (κ2) is 11.0. The second-order valence-corrected chi connectivity index (χ2v) is 10.4. The molecule has 13 heteroatoms. The monoisotopic (exact) mass is 562 g/mol. The lowest BCUT2D eigenvalue weighted by atomic mass is 10.1. The Hall–Kier alpha value is -2.99. The molecule has 3 aromatic carbocycles. The minimum absolute atomic E-state index is 0.0283. The quantitative estimate of drug-likeness (QED) is 0.318. The van der Waals surface area contributed by atoms with Crippen LogP contribution in [0.25, 0.3) is 0 Å². The summed E-state index contributed by atoms with van der Waals surface area (Å²) in [5.74, 6) is -0.724. The van der Waals surface area contributed by atoms with Gasteiger partial charge >= 0.3 is 12.3 Å². The van der Waals surface area contributed by atoms with Crippen molar-refractivity contribution < 1.29 is 36.6 Å². The van der Waals surface area contributed by atoms with Crippen molar-refractivity contribution in [2.24, 2.45) is 0 Å². The number of sulfonamides is 1. The second-order valence-electron chi connectivity index (χ2n) is 7.68. The Morgan fingerprint density at radius 3 is 2.17 bits per heavy atom. The van der Waals surface area contributed by atoms with Gasteiger partial charge in [0.15, 0.2) is 5.75 Å². The summed E-state index contributed by atoms with van der Waals surface area (Å²) in [7, 11) is -4.47. The maximum absolute atomic E-state index is 13.6. The zero-order chi connectivity index (χ0) is 26.7. The standard InChI is InChI=1S/C23H19Cl2F3N2O5S/c24-18-9-19(25)21(31)20(10-18)36(34,35)30(12-14-4-6-17(7-5-14)23(26,27)28)13-16-3-1-2-15(8-16)11-29-22(32)33/h1-10,29,31H,11-13H2,(H,32,33). The molecule has 0 saturated carbocycles. The number of phenolic OH excluding ortho intramolecular Hbond substituents is 1. The molecule has 3 rings (SSSR count). The van der Waals surface area contributed by atoms with Crippen molar-refractivity contribution in [2.75, 3.05) is 0 Å². The lowest BCUT2D eigenvalue weighted by Gasteiger charge is -2.24. The zero-order valence-corrected chi connectivity index (χ0v) is 20.6. The lowest BCUT2D eigenvalue weighted by molar-refractivity contribution is -0.137. The summed E-state index contributed by atoms with van der Waals surface area (Å²) >= 11 is 11.9. The van der Waals surface area contributed by atoms with Gasteiger partial charge in [-0.3, -0.25) is 0 Å². The molecule has 0 radical (unpaired) electrons. The molecule has 0 aliphatic heterocycles. The topological polar surface area (TPSA) is 107 Å². The normalized spacial score (nSPS) is 12.1. The minimum Gasteiger partial charge on any atom is -0.505 e. The van der Waals surface area contributed by atoms with Crippen molar-refractivity contribution in [3.63, 3.8) is 0 Å². The van der Waals surface area contributed by atoms with Gasteiger partial charge in [0.05, 0.1) is 10.6 Å². The lowest BCUT2D eigenvalue weighted by Crippen LogP contribution is -2.30. The molecule has 7 nitrogen and oxygen atoms in total. The summed E-state index contributed by atoms with van der Waals surface area (Å²) in [5, 5.41) is 21.0. The number of hydrogen-bond donors (Lipinski definition) is 3. The first kappa shape index (κ1) is 27.6. The van der Waals surface area contributed by atoms with E-state index >= 15 is 0 Å². The van der Waals surface area contributed by atoms with E-state index in [4.69, 9.17) is 28.3 Å². The first-order valence-corrected chi connectivity index (χ1v) is 12.4. The molecular weight excluding hydrogens is 544 g/mol. The van der Waals surface area contributed by atoms with E-state index < -0.39 is 38.5 Å². The average Bonchev–Trinajstić information content (AvgIpc) is 2.79. The Morgan fingerprint density at radius 1 is 0.944 bits per heavy atom. The Labute approximate surface area is 214 Å². The predicted octanol–water partition coefficient (Wildman–Crippen LogP) is 5.88. The van der Waals surface area contributed by atoms with Crippen molar-refractivity contribution in [1.82, 2.24) is 9.62 Å². The van der Waals surface area contributed by atoms with Crippen molar-refractivity contribution in [2.45, 2.75) is 30.7 Å². The fraction of sp³-hybridized carbons (Fsp3) is 0.174. The number of hydrogen-bond acceptors (Lipinski definition) is 4. The van der Waals surface area contributed by atoms with Crippen molar-refractivity contribution in [3.05, 3.63) is 93.0 Å². The molecule has 0 aliphatic rings. The Balaban J connectivity index is 2.01. The number of carboxylic acid groups (broad SMARTS) is 1. The molecule has 3 N–H and O–H groups in total. The van der Waals surface area contributed by atoms with Crippen LogP contribution in [0.1, 0.15) is 22.3 Å². The molecular formula is C23H19Cl2F3N2O5S. The van der Waals surface area contributed by atoms with Crippen LogP contribution in [0.15, 0.2) is 65.6 Å². The van der Waals surface area contributed by atoms with E-state index in [1.807, 2.05) is 0 Å². The maximum atomic E-state index is 13.6. The van der Waals surface area contributed by atoms with E-state index in [1.165, 1.54) is 0 Å². The molecule has 192 valence electrons. The molecule has 0 spiro atoms. The van der Waals surface area contributed by atoms with Crippen LogP contribution in [0, 0.1) is 0 Å². The number of nitrogens with zero attached hydrogens (tertiary/aromatic N) is 1. The minimum atomic E-state index is -4.56. The number of nitrogens with one attached hydrogen (secondary N) is 1. The highest BCUT2D eigenvalue weighted by atomic mass is 35.5. The number of phenols is 1.